The van der Waals surface area contributed by atoms with Crippen LogP contribution in [-0.2, 0) is 9.53 Å². The Morgan fingerprint density at radius 1 is 1.41 bits per heavy atom. The smallest absolute Gasteiger partial charge is 0.217 e. The molecule has 0 bridgehead atoms. The van der Waals surface area contributed by atoms with Gasteiger partial charge in [-0.25, -0.2) is 0 Å². The van der Waals surface area contributed by atoms with Crippen molar-refractivity contribution in [3.63, 3.8) is 0 Å². The first kappa shape index (κ1) is 14.4. The van der Waals surface area contributed by atoms with Crippen molar-refractivity contribution < 1.29 is 9.53 Å². The lowest BCUT2D eigenvalue weighted by Gasteiger charge is -2.30. The summed E-state index contributed by atoms with van der Waals surface area (Å²) in [7, 11) is 0. The van der Waals surface area contributed by atoms with E-state index in [4.69, 9.17) is 10.5 Å². The van der Waals surface area contributed by atoms with Gasteiger partial charge >= 0.3 is 0 Å². The second-order valence-electron chi connectivity index (χ2n) is 5.31. The van der Waals surface area contributed by atoms with Crippen LogP contribution in [0.25, 0.3) is 0 Å². The topological polar surface area (TPSA) is 76.4 Å². The third-order valence-corrected chi connectivity index (χ3v) is 2.97. The van der Waals surface area contributed by atoms with Crippen LogP contribution >= 0.6 is 0 Å². The number of rotatable bonds is 2. The molecule has 0 aliphatic carbocycles. The lowest BCUT2D eigenvalue weighted by atomic mass is 10.1. The Morgan fingerprint density at radius 3 is 2.53 bits per heavy atom. The van der Waals surface area contributed by atoms with E-state index in [0.717, 1.165) is 39.2 Å². The minimum absolute atomic E-state index is 0.0677. The van der Waals surface area contributed by atoms with E-state index in [2.05, 4.69) is 24.5 Å². The average molecular weight is 243 g/mol. The number of ether oxygens (including phenoxy) is 1. The van der Waals surface area contributed by atoms with Gasteiger partial charge in [0, 0.05) is 19.5 Å². The monoisotopic (exact) mass is 243 g/mol. The first-order valence-corrected chi connectivity index (χ1v) is 6.33. The number of hydrogen-bond donors (Lipinski definition) is 3. The molecule has 2 aliphatic rings. The Labute approximate surface area is 103 Å². The van der Waals surface area contributed by atoms with Crippen LogP contribution in [0, 0.1) is 5.92 Å². The number of nitrogens with one attached hydrogen (secondary N) is 2. The maximum Gasteiger partial charge on any atom is 0.217 e. The van der Waals surface area contributed by atoms with Gasteiger partial charge in [-0.2, -0.15) is 0 Å². The van der Waals surface area contributed by atoms with Crippen molar-refractivity contribution in [2.45, 2.75) is 32.3 Å². The molecule has 2 heterocycles. The molecule has 0 unspecified atom stereocenters. The maximum atomic E-state index is 10.3. The predicted molar refractivity (Wildman–Crippen MR) is 67.7 cm³/mol. The zero-order valence-corrected chi connectivity index (χ0v) is 10.9. The fourth-order valence-corrected chi connectivity index (χ4v) is 2.01. The number of hydrogen-bond acceptors (Lipinski definition) is 4. The molecule has 0 aromatic carbocycles. The van der Waals surface area contributed by atoms with Gasteiger partial charge in [0.05, 0.1) is 12.2 Å². The predicted octanol–water partition coefficient (Wildman–Crippen LogP) is -0.144. The van der Waals surface area contributed by atoms with Gasteiger partial charge in [-0.05, 0) is 39.3 Å². The van der Waals surface area contributed by atoms with Gasteiger partial charge in [-0.3, -0.25) is 4.79 Å². The lowest BCUT2D eigenvalue weighted by Crippen LogP contribution is -2.45. The van der Waals surface area contributed by atoms with Gasteiger partial charge in [-0.1, -0.05) is 0 Å². The molecule has 100 valence electrons. The minimum atomic E-state index is -0.177. The molecule has 0 radical (unpaired) electrons. The molecule has 5 heteroatoms. The molecule has 2 fully saturated rings. The molecule has 2 rings (SSSR count). The number of primary amides is 1. The second-order valence-corrected chi connectivity index (χ2v) is 5.31. The van der Waals surface area contributed by atoms with Crippen molar-refractivity contribution in [3.05, 3.63) is 0 Å². The highest BCUT2D eigenvalue weighted by Crippen LogP contribution is 2.10. The van der Waals surface area contributed by atoms with Crippen LogP contribution in [-0.4, -0.2) is 44.3 Å². The van der Waals surface area contributed by atoms with E-state index < -0.39 is 0 Å². The molecule has 0 aromatic heterocycles. The Kier molecular flexibility index (Phi) is 5.88. The van der Waals surface area contributed by atoms with Crippen LogP contribution in [0.2, 0.25) is 0 Å². The Hall–Kier alpha value is -0.650. The van der Waals surface area contributed by atoms with E-state index in [1.807, 2.05) is 0 Å². The molecule has 0 saturated carbocycles. The first-order valence-electron chi connectivity index (χ1n) is 6.33. The first-order chi connectivity index (χ1) is 7.99. The van der Waals surface area contributed by atoms with E-state index in [-0.39, 0.29) is 11.5 Å². The minimum Gasteiger partial charge on any atom is -0.373 e. The van der Waals surface area contributed by atoms with Gasteiger partial charge in [0.25, 0.3) is 0 Å². The van der Waals surface area contributed by atoms with Gasteiger partial charge in [0.1, 0.15) is 0 Å². The van der Waals surface area contributed by atoms with Crippen molar-refractivity contribution >= 4 is 5.91 Å². The van der Waals surface area contributed by atoms with Crippen molar-refractivity contribution in [1.29, 1.82) is 0 Å². The van der Waals surface area contributed by atoms with Crippen molar-refractivity contribution in [2.75, 3.05) is 32.8 Å². The molecular formula is C12H25N3O2. The molecule has 2 aliphatic heterocycles. The Bertz CT molecular complexity index is 230. The fourth-order valence-electron chi connectivity index (χ4n) is 2.01. The standard InChI is InChI=1S/C6H12N2O.C6H13NO/c7-6(9)3-5-1-2-8-4-5;1-6(2)5-7-3-4-8-6/h5,8H,1-4H2,(H2,7,9);7H,3-5H2,1-2H3/t5-;/m1./s1. The molecule has 4 N–H and O–H groups in total. The van der Waals surface area contributed by atoms with Crippen LogP contribution < -0.4 is 16.4 Å². The summed E-state index contributed by atoms with van der Waals surface area (Å²) in [4.78, 5) is 10.3. The summed E-state index contributed by atoms with van der Waals surface area (Å²) in [6.45, 7) is 9.03. The van der Waals surface area contributed by atoms with Crippen LogP contribution in [0.4, 0.5) is 0 Å². The lowest BCUT2D eigenvalue weighted by molar-refractivity contribution is -0.118. The highest BCUT2D eigenvalue weighted by Gasteiger charge is 2.20. The van der Waals surface area contributed by atoms with E-state index in [1.165, 1.54) is 0 Å². The molecule has 1 atom stereocenters. The summed E-state index contributed by atoms with van der Waals surface area (Å²) < 4.78 is 5.40. The van der Waals surface area contributed by atoms with E-state index >= 15 is 0 Å². The SMILES string of the molecule is CC1(C)CNCCO1.NC(=O)C[C@H]1CCNC1. The van der Waals surface area contributed by atoms with Crippen LogP contribution in [0.3, 0.4) is 0 Å². The highest BCUT2D eigenvalue weighted by atomic mass is 16.5. The summed E-state index contributed by atoms with van der Waals surface area (Å²) in [6.07, 6.45) is 1.65. The zero-order chi connectivity index (χ0) is 12.7. The number of amides is 1. The fraction of sp³-hybridized carbons (Fsp3) is 0.917. The third-order valence-electron chi connectivity index (χ3n) is 2.97. The summed E-state index contributed by atoms with van der Waals surface area (Å²) in [6, 6.07) is 0. The second kappa shape index (κ2) is 6.93. The van der Waals surface area contributed by atoms with Gasteiger partial charge in [0.15, 0.2) is 0 Å². The Morgan fingerprint density at radius 2 is 2.18 bits per heavy atom. The molecule has 17 heavy (non-hydrogen) atoms. The van der Waals surface area contributed by atoms with Crippen LogP contribution in [0.15, 0.2) is 0 Å². The average Bonchev–Trinajstić information content (AvgIpc) is 2.70. The third kappa shape index (κ3) is 6.61. The molecule has 0 aromatic rings. The quantitative estimate of drug-likeness (QED) is 0.631. The molecule has 5 nitrogen and oxygen atoms in total. The number of nitrogens with two attached hydrogens (primary N) is 1. The summed E-state index contributed by atoms with van der Waals surface area (Å²) in [5.74, 6) is 0.325. The van der Waals surface area contributed by atoms with Gasteiger partial charge in [0.2, 0.25) is 5.91 Å². The van der Waals surface area contributed by atoms with Gasteiger partial charge < -0.3 is 21.1 Å². The number of morpholine rings is 1. The normalized spacial score (nSPS) is 27.1. The van der Waals surface area contributed by atoms with Crippen LogP contribution in [0.5, 0.6) is 0 Å². The molecule has 2 saturated heterocycles. The van der Waals surface area contributed by atoms with Crippen molar-refractivity contribution in [1.82, 2.24) is 10.6 Å². The van der Waals surface area contributed by atoms with E-state index in [1.54, 1.807) is 0 Å². The summed E-state index contributed by atoms with van der Waals surface area (Å²) >= 11 is 0. The maximum absolute atomic E-state index is 10.3. The van der Waals surface area contributed by atoms with Gasteiger partial charge in [-0.15, -0.1) is 0 Å². The van der Waals surface area contributed by atoms with Crippen molar-refractivity contribution in [3.8, 4) is 0 Å². The van der Waals surface area contributed by atoms with E-state index in [9.17, 15) is 4.79 Å². The molecule has 0 spiro atoms. The number of carbonyl (C=O) groups is 1. The molecular weight excluding hydrogens is 218 g/mol. The van der Waals surface area contributed by atoms with E-state index in [0.29, 0.717) is 12.3 Å². The van der Waals surface area contributed by atoms with Crippen LogP contribution in [0.1, 0.15) is 26.7 Å². The molecule has 1 amide bonds. The zero-order valence-electron chi connectivity index (χ0n) is 10.9. The largest absolute Gasteiger partial charge is 0.373 e. The Balaban J connectivity index is 0.000000171. The van der Waals surface area contributed by atoms with Crippen molar-refractivity contribution in [2.24, 2.45) is 11.7 Å². The summed E-state index contributed by atoms with van der Waals surface area (Å²) in [5.41, 5.74) is 5.07. The summed E-state index contributed by atoms with van der Waals surface area (Å²) in [5, 5.41) is 6.42. The number of carbonyl (C=O) groups excluding carboxylic acids is 1. The highest BCUT2D eigenvalue weighted by molar-refractivity contribution is 5.74.